The fourth-order valence-electron chi connectivity index (χ4n) is 2.58. The molecule has 0 spiro atoms. The zero-order valence-corrected chi connectivity index (χ0v) is 13.6. The van der Waals surface area contributed by atoms with Gasteiger partial charge in [0, 0.05) is 59.1 Å². The van der Waals surface area contributed by atoms with E-state index in [9.17, 15) is 9.59 Å². The Balaban J connectivity index is 2.10. The van der Waals surface area contributed by atoms with Crippen molar-refractivity contribution in [3.05, 3.63) is 16.6 Å². The summed E-state index contributed by atoms with van der Waals surface area (Å²) in [6.07, 6.45) is 0. The molecule has 1 fully saturated rings. The lowest BCUT2D eigenvalue weighted by Gasteiger charge is -2.25. The maximum atomic E-state index is 12.3. The molecule has 0 bridgehead atoms. The van der Waals surface area contributed by atoms with Crippen molar-refractivity contribution in [3.8, 4) is 0 Å². The smallest absolute Gasteiger partial charge is 0.228 e. The Bertz CT molecular complexity index is 489. The van der Waals surface area contributed by atoms with Crippen molar-refractivity contribution in [1.29, 1.82) is 0 Å². The van der Waals surface area contributed by atoms with E-state index < -0.39 is 0 Å². The Morgan fingerprint density at radius 3 is 2.71 bits per heavy atom. The van der Waals surface area contributed by atoms with Crippen LogP contribution in [0.25, 0.3) is 0 Å². The number of carbonyl (C=O) groups is 2. The van der Waals surface area contributed by atoms with E-state index in [2.05, 4.69) is 9.88 Å². The Morgan fingerprint density at radius 2 is 2.14 bits per heavy atom. The van der Waals surface area contributed by atoms with Crippen LogP contribution in [0.4, 0.5) is 0 Å². The summed E-state index contributed by atoms with van der Waals surface area (Å²) >= 11 is 1.57. The molecule has 1 atom stereocenters. The minimum Gasteiger partial charge on any atom is -0.348 e. The van der Waals surface area contributed by atoms with Crippen molar-refractivity contribution in [2.45, 2.75) is 13.5 Å². The first-order chi connectivity index (χ1) is 9.97. The van der Waals surface area contributed by atoms with Gasteiger partial charge in [-0.25, -0.2) is 4.98 Å². The van der Waals surface area contributed by atoms with Crippen LogP contribution in [0.5, 0.6) is 0 Å². The summed E-state index contributed by atoms with van der Waals surface area (Å²) in [5.41, 5.74) is 2.84. The van der Waals surface area contributed by atoms with Gasteiger partial charge in [0.05, 0.1) is 17.1 Å². The molecule has 0 aliphatic carbocycles. The summed E-state index contributed by atoms with van der Waals surface area (Å²) in [6.45, 7) is 4.89. The van der Waals surface area contributed by atoms with Crippen molar-refractivity contribution in [1.82, 2.24) is 19.7 Å². The molecule has 21 heavy (non-hydrogen) atoms. The van der Waals surface area contributed by atoms with E-state index in [-0.39, 0.29) is 17.7 Å². The summed E-state index contributed by atoms with van der Waals surface area (Å²) in [4.78, 5) is 33.9. The fraction of sp³-hybridized carbons (Fsp3) is 0.643. The van der Waals surface area contributed by atoms with E-state index in [0.29, 0.717) is 19.6 Å². The van der Waals surface area contributed by atoms with E-state index in [4.69, 9.17) is 0 Å². The highest BCUT2D eigenvalue weighted by Gasteiger charge is 2.30. The molecule has 2 amide bonds. The zero-order chi connectivity index (χ0) is 15.4. The first kappa shape index (κ1) is 15.9. The van der Waals surface area contributed by atoms with Crippen LogP contribution in [-0.2, 0) is 16.1 Å². The number of hydrogen-bond acceptors (Lipinski definition) is 5. The third-order valence-electron chi connectivity index (χ3n) is 3.71. The van der Waals surface area contributed by atoms with Crippen molar-refractivity contribution < 1.29 is 9.59 Å². The molecule has 0 saturated carbocycles. The Hall–Kier alpha value is -1.47. The maximum absolute atomic E-state index is 12.3. The van der Waals surface area contributed by atoms with Crippen LogP contribution >= 0.6 is 11.3 Å². The molecule has 2 rings (SSSR count). The second-order valence-corrected chi connectivity index (χ2v) is 6.33. The molecule has 7 heteroatoms. The standard InChI is InChI=1S/C14H22N4O2S/c1-11(19)18-5-4-17(8-13-9-21-10-15-13)6-12(7-18)14(20)16(2)3/h9-10,12H,4-8H2,1-3H3. The summed E-state index contributed by atoms with van der Waals surface area (Å²) < 4.78 is 0. The molecule has 1 aliphatic rings. The second-order valence-electron chi connectivity index (χ2n) is 5.61. The number of nitrogens with zero attached hydrogens (tertiary/aromatic N) is 4. The van der Waals surface area contributed by atoms with Crippen LogP contribution in [0.15, 0.2) is 10.9 Å². The molecule has 0 radical (unpaired) electrons. The van der Waals surface area contributed by atoms with Gasteiger partial charge >= 0.3 is 0 Å². The van der Waals surface area contributed by atoms with Gasteiger partial charge in [0.2, 0.25) is 11.8 Å². The second kappa shape index (κ2) is 7.00. The molecule has 1 unspecified atom stereocenters. The Labute approximate surface area is 129 Å². The normalized spacial score (nSPS) is 20.1. The van der Waals surface area contributed by atoms with E-state index in [1.807, 2.05) is 10.9 Å². The number of aromatic nitrogens is 1. The summed E-state index contributed by atoms with van der Waals surface area (Å²) in [7, 11) is 3.52. The van der Waals surface area contributed by atoms with Crippen molar-refractivity contribution in [2.24, 2.45) is 5.92 Å². The van der Waals surface area contributed by atoms with Crippen LogP contribution in [0, 0.1) is 5.92 Å². The highest BCUT2D eigenvalue weighted by atomic mass is 32.1. The van der Waals surface area contributed by atoms with E-state index >= 15 is 0 Å². The third-order valence-corrected chi connectivity index (χ3v) is 4.35. The van der Waals surface area contributed by atoms with Crippen LogP contribution in [-0.4, -0.2) is 71.8 Å². The quantitative estimate of drug-likeness (QED) is 0.816. The molecular weight excluding hydrogens is 288 g/mol. The molecule has 2 heterocycles. The lowest BCUT2D eigenvalue weighted by molar-refractivity contribution is -0.135. The molecule has 1 aromatic rings. The van der Waals surface area contributed by atoms with E-state index in [0.717, 1.165) is 18.8 Å². The summed E-state index contributed by atoms with van der Waals surface area (Å²) in [5.74, 6) is -0.0708. The summed E-state index contributed by atoms with van der Waals surface area (Å²) in [6, 6.07) is 0. The fourth-order valence-corrected chi connectivity index (χ4v) is 3.13. The monoisotopic (exact) mass is 310 g/mol. The lowest BCUT2D eigenvalue weighted by Crippen LogP contribution is -2.41. The van der Waals surface area contributed by atoms with Gasteiger partial charge in [0.25, 0.3) is 0 Å². The highest BCUT2D eigenvalue weighted by molar-refractivity contribution is 7.07. The molecule has 1 aliphatic heterocycles. The van der Waals surface area contributed by atoms with Crippen molar-refractivity contribution in [3.63, 3.8) is 0 Å². The van der Waals surface area contributed by atoms with Crippen LogP contribution < -0.4 is 0 Å². The zero-order valence-electron chi connectivity index (χ0n) is 12.8. The highest BCUT2D eigenvalue weighted by Crippen LogP contribution is 2.15. The molecule has 0 aromatic carbocycles. The van der Waals surface area contributed by atoms with E-state index in [1.54, 1.807) is 42.2 Å². The number of thiazole rings is 1. The van der Waals surface area contributed by atoms with Crippen LogP contribution in [0.3, 0.4) is 0 Å². The van der Waals surface area contributed by atoms with Crippen molar-refractivity contribution >= 4 is 23.2 Å². The van der Waals surface area contributed by atoms with Gasteiger partial charge in [-0.1, -0.05) is 0 Å². The van der Waals surface area contributed by atoms with Crippen LogP contribution in [0.2, 0.25) is 0 Å². The predicted octanol–water partition coefficient (Wildman–Crippen LogP) is 0.512. The van der Waals surface area contributed by atoms with Gasteiger partial charge in [-0.3, -0.25) is 14.5 Å². The van der Waals surface area contributed by atoms with Crippen molar-refractivity contribution in [2.75, 3.05) is 40.3 Å². The molecule has 6 nitrogen and oxygen atoms in total. The topological polar surface area (TPSA) is 56.8 Å². The van der Waals surface area contributed by atoms with Gasteiger partial charge in [-0.05, 0) is 0 Å². The predicted molar refractivity (Wildman–Crippen MR) is 81.8 cm³/mol. The minimum atomic E-state index is -0.176. The SMILES string of the molecule is CC(=O)N1CCN(Cc2cscn2)CC(C(=O)N(C)C)C1. The van der Waals surface area contributed by atoms with Gasteiger partial charge in [0.1, 0.15) is 0 Å². The number of rotatable bonds is 3. The average Bonchev–Trinajstić information content (AvgIpc) is 2.83. The number of carbonyl (C=O) groups excluding carboxylic acids is 2. The van der Waals surface area contributed by atoms with Crippen LogP contribution in [0.1, 0.15) is 12.6 Å². The lowest BCUT2D eigenvalue weighted by atomic mass is 10.1. The molecule has 1 aromatic heterocycles. The van der Waals surface area contributed by atoms with Gasteiger partial charge in [-0.2, -0.15) is 0 Å². The number of hydrogen-bond donors (Lipinski definition) is 0. The number of amides is 2. The molecule has 1 saturated heterocycles. The average molecular weight is 310 g/mol. The first-order valence-electron chi connectivity index (χ1n) is 7.03. The molecule has 116 valence electrons. The van der Waals surface area contributed by atoms with Gasteiger partial charge in [0.15, 0.2) is 0 Å². The molecule has 0 N–H and O–H groups in total. The Kier molecular flexibility index (Phi) is 5.30. The first-order valence-corrected chi connectivity index (χ1v) is 7.97. The van der Waals surface area contributed by atoms with E-state index in [1.165, 1.54) is 0 Å². The summed E-state index contributed by atoms with van der Waals surface area (Å²) in [5, 5.41) is 2.02. The minimum absolute atomic E-state index is 0.0297. The van der Waals surface area contributed by atoms with Gasteiger partial charge < -0.3 is 9.80 Å². The largest absolute Gasteiger partial charge is 0.348 e. The maximum Gasteiger partial charge on any atom is 0.228 e. The Morgan fingerprint density at radius 1 is 1.38 bits per heavy atom. The van der Waals surface area contributed by atoms with Gasteiger partial charge in [-0.15, -0.1) is 11.3 Å². The molecular formula is C14H22N4O2S. The third kappa shape index (κ3) is 4.25.